The van der Waals surface area contributed by atoms with Crippen LogP contribution >= 0.6 is 0 Å². The fourth-order valence-corrected chi connectivity index (χ4v) is 4.66. The quantitative estimate of drug-likeness (QED) is 0.310. The topological polar surface area (TPSA) is 94.3 Å². The molecule has 0 unspecified atom stereocenters. The summed E-state index contributed by atoms with van der Waals surface area (Å²) in [5.41, 5.74) is 5.27. The molecule has 3 heterocycles. The van der Waals surface area contributed by atoms with Gasteiger partial charge in [-0.05, 0) is 46.9 Å². The number of aromatic nitrogens is 7. The lowest BCUT2D eigenvalue weighted by Crippen LogP contribution is -2.26. The molecule has 188 valence electrons. The molecule has 1 N–H and O–H groups in total. The molecule has 5 aromatic rings. The highest BCUT2D eigenvalue weighted by Gasteiger charge is 2.18. The third-order valence-electron chi connectivity index (χ3n) is 6.37. The minimum atomic E-state index is -0.383. The predicted octanol–water partition coefficient (Wildman–Crippen LogP) is 4.97. The van der Waals surface area contributed by atoms with Crippen molar-refractivity contribution in [2.75, 3.05) is 0 Å². The van der Waals surface area contributed by atoms with E-state index in [4.69, 9.17) is 0 Å². The van der Waals surface area contributed by atoms with E-state index in [1.165, 1.54) is 10.6 Å². The number of hydrogen-bond acceptors (Lipinski definition) is 5. The summed E-state index contributed by atoms with van der Waals surface area (Å²) in [6.45, 7) is 4.51. The molecule has 0 amide bonds. The Bertz CT molecular complexity index is 1550. The second kappa shape index (κ2) is 10.7. The maximum absolute atomic E-state index is 14.9. The Hall–Kier alpha value is -4.40. The number of aromatic amines is 1. The molecule has 0 fully saturated rings. The zero-order chi connectivity index (χ0) is 25.8. The molecule has 0 aliphatic heterocycles. The molecule has 8 nitrogen and oxygen atoms in total. The first-order chi connectivity index (χ1) is 18.1. The minimum absolute atomic E-state index is 0.235. The summed E-state index contributed by atoms with van der Waals surface area (Å²) in [5.74, 6) is 0.0406. The number of pyridine rings is 1. The van der Waals surface area contributed by atoms with Crippen LogP contribution in [0.15, 0.2) is 71.8 Å². The van der Waals surface area contributed by atoms with Crippen LogP contribution in [0, 0.1) is 5.82 Å². The van der Waals surface area contributed by atoms with Gasteiger partial charge in [-0.25, -0.2) is 9.18 Å². The van der Waals surface area contributed by atoms with Crippen LogP contribution in [0.1, 0.15) is 43.5 Å². The van der Waals surface area contributed by atoms with Gasteiger partial charge < -0.3 is 0 Å². The third kappa shape index (κ3) is 4.84. The van der Waals surface area contributed by atoms with Crippen LogP contribution in [0.5, 0.6) is 0 Å². The molecule has 0 aliphatic rings. The molecule has 5 rings (SSSR count). The van der Waals surface area contributed by atoms with Gasteiger partial charge in [0.25, 0.3) is 0 Å². The number of halogens is 1. The van der Waals surface area contributed by atoms with Crippen molar-refractivity contribution in [2.45, 2.75) is 46.1 Å². The number of rotatable bonds is 9. The largest absolute Gasteiger partial charge is 0.333 e. The molecular formula is C28H28FN7O. The summed E-state index contributed by atoms with van der Waals surface area (Å²) in [6, 6.07) is 16.8. The number of nitrogens with zero attached hydrogens (tertiary/aromatic N) is 6. The lowest BCUT2D eigenvalue weighted by atomic mass is 10.0. The van der Waals surface area contributed by atoms with E-state index in [0.29, 0.717) is 30.2 Å². The Morgan fingerprint density at radius 2 is 1.78 bits per heavy atom. The first-order valence-electron chi connectivity index (χ1n) is 12.5. The number of H-pyrrole nitrogens is 1. The van der Waals surface area contributed by atoms with Crippen LogP contribution in [0.4, 0.5) is 4.39 Å². The highest BCUT2D eigenvalue weighted by atomic mass is 19.1. The Kier molecular flexibility index (Phi) is 7.02. The number of para-hydroxylation sites is 1. The van der Waals surface area contributed by atoms with E-state index in [1.54, 1.807) is 23.0 Å². The summed E-state index contributed by atoms with van der Waals surface area (Å²) in [6.07, 6.45) is 6.66. The summed E-state index contributed by atoms with van der Waals surface area (Å²) >= 11 is 0. The van der Waals surface area contributed by atoms with Gasteiger partial charge in [0.15, 0.2) is 0 Å². The molecule has 0 aliphatic carbocycles. The lowest BCUT2D eigenvalue weighted by molar-refractivity contribution is 0.609. The molecule has 0 saturated carbocycles. The van der Waals surface area contributed by atoms with Crippen LogP contribution < -0.4 is 5.69 Å². The van der Waals surface area contributed by atoms with Crippen LogP contribution in [-0.2, 0) is 19.4 Å². The highest BCUT2D eigenvalue weighted by molar-refractivity contribution is 5.77. The molecule has 0 radical (unpaired) electrons. The first-order valence-corrected chi connectivity index (χ1v) is 12.5. The maximum atomic E-state index is 14.9. The van der Waals surface area contributed by atoms with Crippen molar-refractivity contribution in [2.24, 2.45) is 0 Å². The average Bonchev–Trinajstić information content (AvgIpc) is 3.55. The summed E-state index contributed by atoms with van der Waals surface area (Å²) < 4.78 is 18.2. The van der Waals surface area contributed by atoms with Crippen LogP contribution in [0.2, 0.25) is 0 Å². The van der Waals surface area contributed by atoms with E-state index in [2.05, 4.69) is 32.5 Å². The van der Waals surface area contributed by atoms with Gasteiger partial charge in [-0.3, -0.25) is 14.1 Å². The smallest absolute Gasteiger partial charge is 0.292 e. The number of hydrogen-bond donors (Lipinski definition) is 1. The van der Waals surface area contributed by atoms with E-state index in [0.717, 1.165) is 47.2 Å². The number of tetrazole rings is 1. The Morgan fingerprint density at radius 3 is 2.51 bits per heavy atom. The van der Waals surface area contributed by atoms with Gasteiger partial charge in [0, 0.05) is 23.7 Å². The molecule has 0 atom stereocenters. The Balaban J connectivity index is 1.49. The molecular weight excluding hydrogens is 469 g/mol. The average molecular weight is 498 g/mol. The van der Waals surface area contributed by atoms with Gasteiger partial charge in [-0.2, -0.15) is 5.21 Å². The van der Waals surface area contributed by atoms with Crippen molar-refractivity contribution in [3.8, 4) is 28.3 Å². The SMILES string of the molecule is CCCc1cccc(F)c1-n1cc(CCC)n(Cc2ccc(-c3cccnc3-c3nn[nH]n3)cc2)c1=O. The minimum Gasteiger partial charge on any atom is -0.292 e. The standard InChI is InChI=1S/C28H28FN7O/c1-3-7-21-9-5-11-24(29)26(21)36-18-22(8-4-2)35(28(36)37)17-19-12-14-20(15-13-19)23-10-6-16-30-25(23)27-31-33-34-32-27/h5-6,9-16,18H,3-4,7-8,17H2,1-2H3,(H,31,32,33,34). The van der Waals surface area contributed by atoms with E-state index < -0.39 is 0 Å². The monoisotopic (exact) mass is 497 g/mol. The van der Waals surface area contributed by atoms with Gasteiger partial charge >= 0.3 is 5.69 Å². The van der Waals surface area contributed by atoms with Crippen LogP contribution in [0.3, 0.4) is 0 Å². The number of imidazole rings is 1. The zero-order valence-electron chi connectivity index (χ0n) is 20.9. The highest BCUT2D eigenvalue weighted by Crippen LogP contribution is 2.28. The van der Waals surface area contributed by atoms with Crippen LogP contribution in [-0.4, -0.2) is 34.7 Å². The molecule has 0 saturated heterocycles. The van der Waals surface area contributed by atoms with Crippen LogP contribution in [0.25, 0.3) is 28.3 Å². The number of aryl methyl sites for hydroxylation is 2. The van der Waals surface area contributed by atoms with Crippen molar-refractivity contribution in [3.63, 3.8) is 0 Å². The Labute approximate surface area is 213 Å². The lowest BCUT2D eigenvalue weighted by Gasteiger charge is -2.10. The predicted molar refractivity (Wildman–Crippen MR) is 140 cm³/mol. The summed E-state index contributed by atoms with van der Waals surface area (Å²) in [7, 11) is 0. The van der Waals surface area contributed by atoms with Gasteiger partial charge in [0.1, 0.15) is 11.5 Å². The Morgan fingerprint density at radius 1 is 0.973 bits per heavy atom. The summed E-state index contributed by atoms with van der Waals surface area (Å²) in [4.78, 5) is 18.0. The molecule has 0 bridgehead atoms. The fourth-order valence-electron chi connectivity index (χ4n) is 4.66. The van der Waals surface area contributed by atoms with Crippen molar-refractivity contribution in [3.05, 3.63) is 100 Å². The second-order valence-electron chi connectivity index (χ2n) is 8.94. The van der Waals surface area contributed by atoms with Gasteiger partial charge in [-0.1, -0.05) is 69.2 Å². The zero-order valence-corrected chi connectivity index (χ0v) is 20.9. The summed E-state index contributed by atoms with van der Waals surface area (Å²) in [5, 5.41) is 14.2. The normalized spacial score (nSPS) is 11.2. The van der Waals surface area contributed by atoms with Crippen molar-refractivity contribution < 1.29 is 4.39 Å². The van der Waals surface area contributed by atoms with Gasteiger partial charge in [0.2, 0.25) is 5.82 Å². The molecule has 37 heavy (non-hydrogen) atoms. The van der Waals surface area contributed by atoms with Crippen molar-refractivity contribution in [1.29, 1.82) is 0 Å². The van der Waals surface area contributed by atoms with Gasteiger partial charge in [0.05, 0.1) is 12.2 Å². The number of benzene rings is 2. The fraction of sp³-hybridized carbons (Fsp3) is 0.250. The number of nitrogens with one attached hydrogen (secondary N) is 1. The maximum Gasteiger partial charge on any atom is 0.333 e. The molecule has 9 heteroatoms. The van der Waals surface area contributed by atoms with E-state index in [9.17, 15) is 9.18 Å². The second-order valence-corrected chi connectivity index (χ2v) is 8.94. The van der Waals surface area contributed by atoms with E-state index in [1.807, 2.05) is 49.4 Å². The first kappa shape index (κ1) is 24.3. The molecule has 3 aromatic heterocycles. The third-order valence-corrected chi connectivity index (χ3v) is 6.37. The van der Waals surface area contributed by atoms with E-state index in [-0.39, 0.29) is 11.5 Å². The van der Waals surface area contributed by atoms with Crippen molar-refractivity contribution in [1.82, 2.24) is 34.7 Å². The van der Waals surface area contributed by atoms with E-state index >= 15 is 0 Å². The molecule has 2 aromatic carbocycles. The van der Waals surface area contributed by atoms with Crippen molar-refractivity contribution >= 4 is 0 Å². The van der Waals surface area contributed by atoms with Gasteiger partial charge in [-0.15, -0.1) is 10.2 Å². The molecule has 0 spiro atoms.